The van der Waals surface area contributed by atoms with Gasteiger partial charge in [0.05, 0.1) is 0 Å². The van der Waals surface area contributed by atoms with Crippen molar-refractivity contribution in [2.24, 2.45) is 0 Å². The summed E-state index contributed by atoms with van der Waals surface area (Å²) in [5, 5.41) is -0.0595. The van der Waals surface area contributed by atoms with Gasteiger partial charge in [0.15, 0.2) is 0 Å². The van der Waals surface area contributed by atoms with Crippen LogP contribution in [0.4, 0.5) is 22.0 Å². The molecule has 8 heteroatoms. The number of hydrogen-bond donors (Lipinski definition) is 0. The topological polar surface area (TPSA) is 17.1 Å². The lowest BCUT2D eigenvalue weighted by molar-refractivity contribution is -0.268. The van der Waals surface area contributed by atoms with E-state index in [1.54, 1.807) is 0 Å². The first-order valence-electron chi connectivity index (χ1n) is 4.47. The van der Waals surface area contributed by atoms with Crippen LogP contribution in [0.1, 0.15) is 5.56 Å². The van der Waals surface area contributed by atoms with Crippen molar-refractivity contribution in [1.82, 2.24) is 0 Å². The van der Waals surface area contributed by atoms with Crippen LogP contribution in [0.15, 0.2) is 22.7 Å². The molecule has 0 aliphatic rings. The number of Topliss-reactive ketones (excluding diaryl/α,β-unsaturated/α-hetero) is 1. The zero-order chi connectivity index (χ0) is 14.1. The van der Waals surface area contributed by atoms with Crippen molar-refractivity contribution in [2.75, 3.05) is 0 Å². The predicted octanol–water partition coefficient (Wildman–Crippen LogP) is 4.41. The number of alkyl halides is 5. The molecule has 1 rings (SSSR count). The van der Waals surface area contributed by atoms with Crippen LogP contribution in [0.25, 0.3) is 0 Å². The maximum atomic E-state index is 12.7. The first-order chi connectivity index (χ1) is 8.05. The molecule has 0 unspecified atom stereocenters. The minimum absolute atomic E-state index is 0.0595. The summed E-state index contributed by atoms with van der Waals surface area (Å²) in [6.45, 7) is 0. The van der Waals surface area contributed by atoms with E-state index >= 15 is 0 Å². The Labute approximate surface area is 112 Å². The summed E-state index contributed by atoms with van der Waals surface area (Å²) in [5.41, 5.74) is -0.0891. The molecule has 0 bridgehead atoms. The Morgan fingerprint density at radius 1 is 1.22 bits per heavy atom. The molecule has 0 aliphatic carbocycles. The fraction of sp³-hybridized carbons (Fsp3) is 0.300. The second-order valence-electron chi connectivity index (χ2n) is 3.41. The van der Waals surface area contributed by atoms with E-state index < -0.39 is 24.3 Å². The van der Waals surface area contributed by atoms with Gasteiger partial charge in [0.1, 0.15) is 0 Å². The molecule has 0 saturated heterocycles. The third-order valence-electron chi connectivity index (χ3n) is 2.07. The van der Waals surface area contributed by atoms with Gasteiger partial charge in [0, 0.05) is 15.9 Å². The Balaban J connectivity index is 2.95. The van der Waals surface area contributed by atoms with Gasteiger partial charge in [-0.2, -0.15) is 22.0 Å². The standard InChI is InChI=1S/C10H5BrClF5O/c11-6-2-1-5(7(12)4-6)3-8(18)9(13,14)10(15,16)17/h1-2,4H,3H2. The van der Waals surface area contributed by atoms with Gasteiger partial charge in [-0.3, -0.25) is 4.79 Å². The Morgan fingerprint density at radius 3 is 2.22 bits per heavy atom. The molecule has 0 atom stereocenters. The van der Waals surface area contributed by atoms with Crippen LogP contribution in [0.3, 0.4) is 0 Å². The van der Waals surface area contributed by atoms with Crippen LogP contribution in [0, 0.1) is 0 Å². The van der Waals surface area contributed by atoms with Gasteiger partial charge >= 0.3 is 12.1 Å². The molecule has 0 spiro atoms. The van der Waals surface area contributed by atoms with Crippen molar-refractivity contribution in [1.29, 1.82) is 0 Å². The van der Waals surface area contributed by atoms with Gasteiger partial charge < -0.3 is 0 Å². The van der Waals surface area contributed by atoms with Crippen molar-refractivity contribution in [3.05, 3.63) is 33.3 Å². The minimum atomic E-state index is -5.90. The number of benzene rings is 1. The van der Waals surface area contributed by atoms with Crippen molar-refractivity contribution < 1.29 is 26.7 Å². The Kier molecular flexibility index (Phi) is 4.38. The lowest BCUT2D eigenvalue weighted by atomic mass is 10.0. The van der Waals surface area contributed by atoms with Gasteiger partial charge in [-0.15, -0.1) is 0 Å². The summed E-state index contributed by atoms with van der Waals surface area (Å²) < 4.78 is 61.7. The lowest BCUT2D eigenvalue weighted by Crippen LogP contribution is -2.44. The van der Waals surface area contributed by atoms with Crippen LogP contribution >= 0.6 is 27.5 Å². The Hall–Kier alpha value is -0.690. The number of carbonyl (C=O) groups excluding carboxylic acids is 1. The maximum Gasteiger partial charge on any atom is 0.461 e. The molecule has 1 nitrogen and oxygen atoms in total. The van der Waals surface area contributed by atoms with Crippen molar-refractivity contribution in [2.45, 2.75) is 18.5 Å². The molecule has 0 radical (unpaired) electrons. The van der Waals surface area contributed by atoms with Crippen LogP contribution in [-0.2, 0) is 11.2 Å². The second-order valence-corrected chi connectivity index (χ2v) is 4.73. The molecule has 18 heavy (non-hydrogen) atoms. The number of halogens is 7. The SMILES string of the molecule is O=C(Cc1ccc(Br)cc1Cl)C(F)(F)C(F)(F)F. The third-order valence-corrected chi connectivity index (χ3v) is 2.92. The summed E-state index contributed by atoms with van der Waals surface area (Å²) in [6.07, 6.45) is -6.98. The van der Waals surface area contributed by atoms with E-state index in [4.69, 9.17) is 11.6 Å². The molecule has 100 valence electrons. The van der Waals surface area contributed by atoms with Gasteiger partial charge in [-0.05, 0) is 17.7 Å². The van der Waals surface area contributed by atoms with E-state index in [9.17, 15) is 26.7 Å². The third kappa shape index (κ3) is 3.20. The van der Waals surface area contributed by atoms with Crippen LogP contribution in [0.5, 0.6) is 0 Å². The van der Waals surface area contributed by atoms with Crippen LogP contribution in [0.2, 0.25) is 5.02 Å². The summed E-state index contributed by atoms with van der Waals surface area (Å²) in [5.74, 6) is -7.61. The molecule has 0 heterocycles. The van der Waals surface area contributed by atoms with Crippen molar-refractivity contribution >= 4 is 33.3 Å². The van der Waals surface area contributed by atoms with Crippen LogP contribution in [-0.4, -0.2) is 17.9 Å². The fourth-order valence-electron chi connectivity index (χ4n) is 1.11. The van der Waals surface area contributed by atoms with Gasteiger partial charge in [0.2, 0.25) is 5.78 Å². The minimum Gasteiger partial charge on any atom is -0.292 e. The zero-order valence-corrected chi connectivity index (χ0v) is 10.8. The maximum absolute atomic E-state index is 12.7. The first kappa shape index (κ1) is 15.4. The highest BCUT2D eigenvalue weighted by molar-refractivity contribution is 9.10. The summed E-state index contributed by atoms with van der Waals surface area (Å²) in [7, 11) is 0. The number of hydrogen-bond acceptors (Lipinski definition) is 1. The number of carbonyl (C=O) groups is 1. The largest absolute Gasteiger partial charge is 0.461 e. The van der Waals surface area contributed by atoms with E-state index in [-0.39, 0.29) is 10.6 Å². The quantitative estimate of drug-likeness (QED) is 0.737. The lowest BCUT2D eigenvalue weighted by Gasteiger charge is -2.18. The second kappa shape index (κ2) is 5.13. The molecule has 0 amide bonds. The van der Waals surface area contributed by atoms with Crippen molar-refractivity contribution in [3.63, 3.8) is 0 Å². The van der Waals surface area contributed by atoms with E-state index in [1.807, 2.05) is 0 Å². The summed E-state index contributed by atoms with van der Waals surface area (Å²) in [6, 6.07) is 3.90. The highest BCUT2D eigenvalue weighted by Crippen LogP contribution is 2.37. The molecule has 0 N–H and O–H groups in total. The number of ketones is 1. The molecule has 0 fully saturated rings. The molecule has 0 aromatic heterocycles. The van der Waals surface area contributed by atoms with E-state index in [1.165, 1.54) is 18.2 Å². The van der Waals surface area contributed by atoms with Gasteiger partial charge in [-0.25, -0.2) is 0 Å². The van der Waals surface area contributed by atoms with E-state index in [2.05, 4.69) is 15.9 Å². The van der Waals surface area contributed by atoms with Gasteiger partial charge in [0.25, 0.3) is 0 Å². The van der Waals surface area contributed by atoms with E-state index in [0.29, 0.717) is 4.47 Å². The molecular weight excluding hydrogens is 346 g/mol. The molecular formula is C10H5BrClF5O. The average molecular weight is 351 g/mol. The molecule has 1 aromatic rings. The number of rotatable bonds is 3. The molecule has 0 aliphatic heterocycles. The monoisotopic (exact) mass is 350 g/mol. The molecule has 0 saturated carbocycles. The van der Waals surface area contributed by atoms with Crippen LogP contribution < -0.4 is 0 Å². The molecule has 1 aromatic carbocycles. The van der Waals surface area contributed by atoms with E-state index in [0.717, 1.165) is 0 Å². The normalized spacial score (nSPS) is 12.6. The average Bonchev–Trinajstić information content (AvgIpc) is 2.20. The summed E-state index contributed by atoms with van der Waals surface area (Å²) >= 11 is 8.67. The predicted molar refractivity (Wildman–Crippen MR) is 58.9 cm³/mol. The highest BCUT2D eigenvalue weighted by Gasteiger charge is 2.62. The highest BCUT2D eigenvalue weighted by atomic mass is 79.9. The first-order valence-corrected chi connectivity index (χ1v) is 5.64. The fourth-order valence-corrected chi connectivity index (χ4v) is 1.85. The zero-order valence-electron chi connectivity index (χ0n) is 8.49. The smallest absolute Gasteiger partial charge is 0.292 e. The Bertz CT molecular complexity index is 472. The summed E-state index contributed by atoms with van der Waals surface area (Å²) in [4.78, 5) is 11.0. The van der Waals surface area contributed by atoms with Gasteiger partial charge in [-0.1, -0.05) is 33.6 Å². The Morgan fingerprint density at radius 2 is 1.78 bits per heavy atom. The van der Waals surface area contributed by atoms with Crippen molar-refractivity contribution in [3.8, 4) is 0 Å².